The molecule has 0 bridgehead atoms. The zero-order valence-corrected chi connectivity index (χ0v) is 14.9. The van der Waals surface area contributed by atoms with Gasteiger partial charge in [0.2, 0.25) is 11.9 Å². The zero-order valence-electron chi connectivity index (χ0n) is 14.9. The number of rotatable bonds is 5. The number of hydrogen-bond donors (Lipinski definition) is 3. The molecule has 0 spiro atoms. The topological polar surface area (TPSA) is 91.8 Å². The number of carbonyl (C=O) groups is 1. The van der Waals surface area contributed by atoms with Crippen LogP contribution in [0.2, 0.25) is 0 Å². The number of carbonyl (C=O) groups excluding carboxylic acids is 1. The van der Waals surface area contributed by atoms with Gasteiger partial charge >= 0.3 is 0 Å². The zero-order chi connectivity index (χ0) is 18.5. The minimum Gasteiger partial charge on any atom is -0.339 e. The largest absolute Gasteiger partial charge is 0.339 e. The van der Waals surface area contributed by atoms with Crippen molar-refractivity contribution in [2.75, 3.05) is 16.0 Å². The monoisotopic (exact) mass is 348 g/mol. The fraction of sp³-hybridized carbons (Fsp3) is 0.158. The van der Waals surface area contributed by atoms with Crippen molar-refractivity contribution in [3.05, 3.63) is 59.8 Å². The average molecular weight is 348 g/mol. The van der Waals surface area contributed by atoms with Crippen molar-refractivity contribution in [3.8, 4) is 0 Å². The molecule has 0 fully saturated rings. The highest BCUT2D eigenvalue weighted by atomic mass is 16.1. The molecule has 1 heterocycles. The third kappa shape index (κ3) is 4.54. The number of anilines is 5. The van der Waals surface area contributed by atoms with E-state index in [1.165, 1.54) is 6.92 Å². The Morgan fingerprint density at radius 2 is 1.81 bits per heavy atom. The molecule has 0 aliphatic rings. The molecule has 7 heteroatoms. The normalized spacial score (nSPS) is 10.3. The summed E-state index contributed by atoms with van der Waals surface area (Å²) in [5.74, 6) is 0.834. The SMILES string of the molecule is CC(=O)Nc1cccc(Nc2cnnc(Nc3cc(C)ccc3C)n2)c1. The van der Waals surface area contributed by atoms with Crippen LogP contribution in [-0.4, -0.2) is 21.1 Å². The molecule has 0 saturated heterocycles. The number of hydrogen-bond acceptors (Lipinski definition) is 6. The standard InChI is InChI=1S/C19H20N6O/c1-12-7-8-13(2)17(9-12)23-19-24-18(11-20-25-19)22-16-6-4-5-15(10-16)21-14(3)26/h4-11H,1-3H3,(H,21,26)(H2,22,23,24,25). The Bertz CT molecular complexity index is 941. The summed E-state index contributed by atoms with van der Waals surface area (Å²) in [5.41, 5.74) is 4.68. The Labute approximate surface area is 151 Å². The van der Waals surface area contributed by atoms with Crippen molar-refractivity contribution in [3.63, 3.8) is 0 Å². The van der Waals surface area contributed by atoms with Gasteiger partial charge in [0, 0.05) is 24.0 Å². The third-order valence-electron chi connectivity index (χ3n) is 3.65. The highest BCUT2D eigenvalue weighted by Gasteiger charge is 2.05. The summed E-state index contributed by atoms with van der Waals surface area (Å²) in [7, 11) is 0. The summed E-state index contributed by atoms with van der Waals surface area (Å²) in [5, 5.41) is 17.1. The van der Waals surface area contributed by atoms with Crippen LogP contribution in [0, 0.1) is 13.8 Å². The lowest BCUT2D eigenvalue weighted by atomic mass is 10.1. The summed E-state index contributed by atoms with van der Waals surface area (Å²) in [6.45, 7) is 5.52. The van der Waals surface area contributed by atoms with Crippen LogP contribution in [0.25, 0.3) is 0 Å². The maximum Gasteiger partial charge on any atom is 0.249 e. The van der Waals surface area contributed by atoms with E-state index in [1.54, 1.807) is 6.20 Å². The molecule has 0 saturated carbocycles. The molecule has 0 radical (unpaired) electrons. The van der Waals surface area contributed by atoms with Gasteiger partial charge in [-0.2, -0.15) is 10.1 Å². The number of amides is 1. The van der Waals surface area contributed by atoms with E-state index >= 15 is 0 Å². The average Bonchev–Trinajstić information content (AvgIpc) is 2.58. The van der Waals surface area contributed by atoms with E-state index in [2.05, 4.69) is 37.2 Å². The molecular formula is C19H20N6O. The molecule has 0 atom stereocenters. The molecule has 0 aliphatic carbocycles. The van der Waals surface area contributed by atoms with Crippen LogP contribution in [0.15, 0.2) is 48.7 Å². The van der Waals surface area contributed by atoms with Crippen LogP contribution in [-0.2, 0) is 4.79 Å². The van der Waals surface area contributed by atoms with Crippen LogP contribution >= 0.6 is 0 Å². The molecule has 1 amide bonds. The molecule has 3 rings (SSSR count). The van der Waals surface area contributed by atoms with Gasteiger partial charge in [-0.25, -0.2) is 0 Å². The van der Waals surface area contributed by atoms with Gasteiger partial charge in [0.05, 0.1) is 6.20 Å². The first-order chi connectivity index (χ1) is 12.5. The van der Waals surface area contributed by atoms with Gasteiger partial charge < -0.3 is 16.0 Å². The second-order valence-electron chi connectivity index (χ2n) is 6.00. The predicted octanol–water partition coefficient (Wildman–Crippen LogP) is 3.93. The fourth-order valence-electron chi connectivity index (χ4n) is 2.43. The van der Waals surface area contributed by atoms with E-state index in [1.807, 2.05) is 50.2 Å². The first-order valence-corrected chi connectivity index (χ1v) is 8.18. The third-order valence-corrected chi connectivity index (χ3v) is 3.65. The van der Waals surface area contributed by atoms with Gasteiger partial charge in [-0.15, -0.1) is 5.10 Å². The van der Waals surface area contributed by atoms with Gasteiger partial charge in [-0.1, -0.05) is 18.2 Å². The maximum absolute atomic E-state index is 11.2. The molecule has 2 aromatic carbocycles. The first kappa shape index (κ1) is 17.3. The molecule has 132 valence electrons. The van der Waals surface area contributed by atoms with E-state index in [0.29, 0.717) is 17.5 Å². The summed E-state index contributed by atoms with van der Waals surface area (Å²) in [6, 6.07) is 13.5. The highest BCUT2D eigenvalue weighted by molar-refractivity contribution is 5.89. The van der Waals surface area contributed by atoms with Crippen LogP contribution in [0.4, 0.5) is 28.8 Å². The lowest BCUT2D eigenvalue weighted by Crippen LogP contribution is -2.06. The minimum atomic E-state index is -0.120. The number of aryl methyl sites for hydroxylation is 2. The highest BCUT2D eigenvalue weighted by Crippen LogP contribution is 2.22. The Kier molecular flexibility index (Phi) is 5.07. The Balaban J connectivity index is 1.77. The van der Waals surface area contributed by atoms with Gasteiger partial charge in [0.15, 0.2) is 5.82 Å². The van der Waals surface area contributed by atoms with Gasteiger partial charge in [0.1, 0.15) is 0 Å². The van der Waals surface area contributed by atoms with Crippen molar-refractivity contribution >= 4 is 34.7 Å². The number of nitrogens with one attached hydrogen (secondary N) is 3. The molecule has 7 nitrogen and oxygen atoms in total. The van der Waals surface area contributed by atoms with Crippen molar-refractivity contribution in [2.24, 2.45) is 0 Å². The Hall–Kier alpha value is -3.48. The van der Waals surface area contributed by atoms with Gasteiger partial charge in [-0.3, -0.25) is 4.79 Å². The lowest BCUT2D eigenvalue weighted by Gasteiger charge is -2.11. The summed E-state index contributed by atoms with van der Waals surface area (Å²) in [4.78, 5) is 15.6. The molecule has 3 aromatic rings. The van der Waals surface area contributed by atoms with E-state index < -0.39 is 0 Å². The van der Waals surface area contributed by atoms with Crippen LogP contribution < -0.4 is 16.0 Å². The minimum absolute atomic E-state index is 0.120. The lowest BCUT2D eigenvalue weighted by molar-refractivity contribution is -0.114. The summed E-state index contributed by atoms with van der Waals surface area (Å²) < 4.78 is 0. The van der Waals surface area contributed by atoms with Gasteiger partial charge in [0.25, 0.3) is 0 Å². The van der Waals surface area contributed by atoms with Crippen molar-refractivity contribution in [2.45, 2.75) is 20.8 Å². The molecule has 0 aliphatic heterocycles. The molecule has 26 heavy (non-hydrogen) atoms. The van der Waals surface area contributed by atoms with Crippen molar-refractivity contribution < 1.29 is 4.79 Å². The van der Waals surface area contributed by atoms with Crippen molar-refractivity contribution in [1.82, 2.24) is 15.2 Å². The molecule has 1 aromatic heterocycles. The Morgan fingerprint density at radius 1 is 1.00 bits per heavy atom. The van der Waals surface area contributed by atoms with Crippen LogP contribution in [0.3, 0.4) is 0 Å². The smallest absolute Gasteiger partial charge is 0.249 e. The van der Waals surface area contributed by atoms with Crippen molar-refractivity contribution in [1.29, 1.82) is 0 Å². The first-order valence-electron chi connectivity index (χ1n) is 8.18. The van der Waals surface area contributed by atoms with Crippen LogP contribution in [0.5, 0.6) is 0 Å². The second kappa shape index (κ2) is 7.60. The summed E-state index contributed by atoms with van der Waals surface area (Å²) >= 11 is 0. The number of benzene rings is 2. The molecular weight excluding hydrogens is 328 g/mol. The fourth-order valence-corrected chi connectivity index (χ4v) is 2.43. The molecule has 0 unspecified atom stereocenters. The predicted molar refractivity (Wildman–Crippen MR) is 103 cm³/mol. The quantitative estimate of drug-likeness (QED) is 0.647. The van der Waals surface area contributed by atoms with E-state index in [-0.39, 0.29) is 5.91 Å². The van der Waals surface area contributed by atoms with E-state index in [4.69, 9.17) is 0 Å². The van der Waals surface area contributed by atoms with E-state index in [0.717, 1.165) is 22.5 Å². The maximum atomic E-state index is 11.2. The van der Waals surface area contributed by atoms with Crippen LogP contribution in [0.1, 0.15) is 18.1 Å². The number of aromatic nitrogens is 3. The summed E-state index contributed by atoms with van der Waals surface area (Å²) in [6.07, 6.45) is 1.54. The van der Waals surface area contributed by atoms with Gasteiger partial charge in [-0.05, 0) is 49.2 Å². The molecule has 3 N–H and O–H groups in total. The second-order valence-corrected chi connectivity index (χ2v) is 6.00. The number of nitrogens with zero attached hydrogens (tertiary/aromatic N) is 3. The van der Waals surface area contributed by atoms with E-state index in [9.17, 15) is 4.79 Å². The Morgan fingerprint density at radius 3 is 2.62 bits per heavy atom.